The first-order valence-corrected chi connectivity index (χ1v) is 10.1. The number of carbonyl (C=O) groups is 1. The number of aryl methyl sites for hydroxylation is 2. The molecule has 1 aromatic heterocycles. The monoisotopic (exact) mass is 386 g/mol. The van der Waals surface area contributed by atoms with E-state index < -0.39 is 0 Å². The molecule has 1 amide bonds. The third-order valence-corrected chi connectivity index (χ3v) is 5.15. The Kier molecular flexibility index (Phi) is 6.70. The summed E-state index contributed by atoms with van der Waals surface area (Å²) in [4.78, 5) is 18.6. The molecular weight excluding hydrogens is 360 g/mol. The van der Waals surface area contributed by atoms with E-state index in [9.17, 15) is 4.79 Å². The van der Waals surface area contributed by atoms with Gasteiger partial charge in [0, 0.05) is 28.4 Å². The molecule has 7 heteroatoms. The molecule has 0 saturated heterocycles. The molecule has 1 aliphatic rings. The molecule has 0 unspecified atom stereocenters. The summed E-state index contributed by atoms with van der Waals surface area (Å²) in [7, 11) is 0. The molecule has 0 radical (unpaired) electrons. The van der Waals surface area contributed by atoms with Gasteiger partial charge in [0.05, 0.1) is 13.1 Å². The smallest absolute Gasteiger partial charge is 0.224 e. The number of hydrogen-bond acceptors (Lipinski definition) is 4. The molecule has 0 spiro atoms. The van der Waals surface area contributed by atoms with Crippen LogP contribution in [0.4, 0.5) is 5.69 Å². The Morgan fingerprint density at radius 3 is 2.93 bits per heavy atom. The lowest BCUT2D eigenvalue weighted by Crippen LogP contribution is -2.39. The van der Waals surface area contributed by atoms with Crippen LogP contribution in [0.25, 0.3) is 0 Å². The molecule has 1 aliphatic heterocycles. The number of thiophene rings is 1. The summed E-state index contributed by atoms with van der Waals surface area (Å²) in [6.07, 6.45) is 1.29. The van der Waals surface area contributed by atoms with E-state index in [0.29, 0.717) is 26.1 Å². The van der Waals surface area contributed by atoms with Crippen LogP contribution in [0, 0.1) is 6.92 Å². The van der Waals surface area contributed by atoms with Gasteiger partial charge in [0.25, 0.3) is 0 Å². The quantitative estimate of drug-likeness (QED) is 0.388. The minimum absolute atomic E-state index is 0.0771. The highest BCUT2D eigenvalue weighted by molar-refractivity contribution is 7.11. The summed E-state index contributed by atoms with van der Waals surface area (Å²) in [5.74, 6) is 1.69. The van der Waals surface area contributed by atoms with Gasteiger partial charge in [-0.05, 0) is 56.2 Å². The Morgan fingerprint density at radius 2 is 2.15 bits per heavy atom. The molecule has 3 rings (SSSR count). The second kappa shape index (κ2) is 9.41. The van der Waals surface area contributed by atoms with Gasteiger partial charge in [-0.3, -0.25) is 4.79 Å². The molecule has 1 aromatic carbocycles. The van der Waals surface area contributed by atoms with Crippen molar-refractivity contribution in [2.24, 2.45) is 4.99 Å². The Labute approximate surface area is 164 Å². The summed E-state index contributed by atoms with van der Waals surface area (Å²) in [6.45, 7) is 6.83. The van der Waals surface area contributed by atoms with E-state index in [4.69, 9.17) is 4.74 Å². The summed E-state index contributed by atoms with van der Waals surface area (Å²) < 4.78 is 5.84. The topological polar surface area (TPSA) is 74.8 Å². The minimum Gasteiger partial charge on any atom is -0.492 e. The van der Waals surface area contributed by atoms with Crippen molar-refractivity contribution in [2.45, 2.75) is 33.2 Å². The fraction of sp³-hybridized carbons (Fsp3) is 0.400. The lowest BCUT2D eigenvalue weighted by Gasteiger charge is -2.18. The number of anilines is 1. The van der Waals surface area contributed by atoms with Crippen molar-refractivity contribution in [3.05, 3.63) is 45.6 Å². The average molecular weight is 387 g/mol. The molecule has 3 N–H and O–H groups in total. The number of benzene rings is 1. The van der Waals surface area contributed by atoms with Crippen LogP contribution in [-0.2, 0) is 17.8 Å². The van der Waals surface area contributed by atoms with Crippen LogP contribution < -0.4 is 20.7 Å². The van der Waals surface area contributed by atoms with Gasteiger partial charge < -0.3 is 20.7 Å². The number of guanidine groups is 1. The maximum absolute atomic E-state index is 11.4. The third-order valence-electron chi connectivity index (χ3n) is 4.17. The Balaban J connectivity index is 1.46. The maximum atomic E-state index is 11.4. The standard InChI is InChI=1S/C20H26N4O2S/c1-3-21-20(23-13-17-7-4-14(2)27-17)22-10-11-26-16-6-8-18-15(12-16)5-9-19(25)24-18/h4,6-8,12H,3,5,9-11,13H2,1-2H3,(H,24,25)(H2,21,22,23). The van der Waals surface area contributed by atoms with Gasteiger partial charge in [-0.25, -0.2) is 4.99 Å². The number of rotatable bonds is 7. The second-order valence-corrected chi connectivity index (χ2v) is 7.72. The van der Waals surface area contributed by atoms with Crippen molar-refractivity contribution < 1.29 is 9.53 Å². The predicted molar refractivity (Wildman–Crippen MR) is 111 cm³/mol. The summed E-state index contributed by atoms with van der Waals surface area (Å²) >= 11 is 1.77. The van der Waals surface area contributed by atoms with Gasteiger partial charge in [-0.1, -0.05) is 0 Å². The number of nitrogens with one attached hydrogen (secondary N) is 3. The van der Waals surface area contributed by atoms with E-state index in [1.54, 1.807) is 11.3 Å². The average Bonchev–Trinajstić information content (AvgIpc) is 3.08. The van der Waals surface area contributed by atoms with Gasteiger partial charge >= 0.3 is 0 Å². The van der Waals surface area contributed by atoms with Crippen LogP contribution in [0.15, 0.2) is 35.3 Å². The molecule has 6 nitrogen and oxygen atoms in total. The maximum Gasteiger partial charge on any atom is 0.224 e. The Bertz CT molecular complexity index is 816. The lowest BCUT2D eigenvalue weighted by molar-refractivity contribution is -0.116. The zero-order valence-corrected chi connectivity index (χ0v) is 16.6. The first-order chi connectivity index (χ1) is 13.1. The zero-order valence-electron chi connectivity index (χ0n) is 15.8. The summed E-state index contributed by atoms with van der Waals surface area (Å²) in [5, 5.41) is 9.43. The molecule has 0 bridgehead atoms. The fourth-order valence-corrected chi connectivity index (χ4v) is 3.67. The normalized spacial score (nSPS) is 13.7. The van der Waals surface area contributed by atoms with Gasteiger partial charge in [0.1, 0.15) is 12.4 Å². The third kappa shape index (κ3) is 5.72. The van der Waals surface area contributed by atoms with Crippen LogP contribution in [0.3, 0.4) is 0 Å². The molecular formula is C20H26N4O2S. The van der Waals surface area contributed by atoms with E-state index in [1.807, 2.05) is 18.2 Å². The predicted octanol–water partition coefficient (Wildman–Crippen LogP) is 3.08. The summed E-state index contributed by atoms with van der Waals surface area (Å²) in [5.41, 5.74) is 2.02. The highest BCUT2D eigenvalue weighted by Crippen LogP contribution is 2.26. The molecule has 0 atom stereocenters. The number of aliphatic imine (C=N–C) groups is 1. The van der Waals surface area contributed by atoms with Gasteiger partial charge in [-0.15, -0.1) is 11.3 Å². The van der Waals surface area contributed by atoms with Gasteiger partial charge in [-0.2, -0.15) is 0 Å². The lowest BCUT2D eigenvalue weighted by atomic mass is 10.0. The zero-order chi connectivity index (χ0) is 19.1. The highest BCUT2D eigenvalue weighted by Gasteiger charge is 2.14. The van der Waals surface area contributed by atoms with Gasteiger partial charge in [0.15, 0.2) is 5.96 Å². The second-order valence-electron chi connectivity index (χ2n) is 6.35. The van der Waals surface area contributed by atoms with E-state index in [1.165, 1.54) is 9.75 Å². The number of fused-ring (bicyclic) bond motifs is 1. The van der Waals surface area contributed by atoms with Crippen molar-refractivity contribution >= 4 is 28.9 Å². The van der Waals surface area contributed by atoms with E-state index >= 15 is 0 Å². The molecule has 0 fully saturated rings. The van der Waals surface area contributed by atoms with E-state index in [0.717, 1.165) is 35.9 Å². The van der Waals surface area contributed by atoms with Crippen molar-refractivity contribution in [1.29, 1.82) is 0 Å². The van der Waals surface area contributed by atoms with Crippen molar-refractivity contribution in [3.8, 4) is 5.75 Å². The number of amides is 1. The molecule has 144 valence electrons. The first-order valence-electron chi connectivity index (χ1n) is 9.27. The van der Waals surface area contributed by atoms with Crippen LogP contribution in [-0.4, -0.2) is 31.6 Å². The largest absolute Gasteiger partial charge is 0.492 e. The van der Waals surface area contributed by atoms with Crippen molar-refractivity contribution in [1.82, 2.24) is 10.6 Å². The highest BCUT2D eigenvalue weighted by atomic mass is 32.1. The first kappa shape index (κ1) is 19.2. The van der Waals surface area contributed by atoms with Crippen LogP contribution in [0.2, 0.25) is 0 Å². The number of carbonyl (C=O) groups excluding carboxylic acids is 1. The van der Waals surface area contributed by atoms with E-state index in [2.05, 4.69) is 46.9 Å². The van der Waals surface area contributed by atoms with Crippen molar-refractivity contribution in [3.63, 3.8) is 0 Å². The summed E-state index contributed by atoms with van der Waals surface area (Å²) in [6, 6.07) is 10.0. The van der Waals surface area contributed by atoms with E-state index in [-0.39, 0.29) is 5.91 Å². The molecule has 0 aliphatic carbocycles. The fourth-order valence-electron chi connectivity index (χ4n) is 2.86. The molecule has 2 aromatic rings. The van der Waals surface area contributed by atoms with Crippen LogP contribution in [0.1, 0.15) is 28.7 Å². The number of ether oxygens (including phenoxy) is 1. The van der Waals surface area contributed by atoms with Crippen LogP contribution in [0.5, 0.6) is 5.75 Å². The SMILES string of the molecule is CCNC(=NCc1ccc(C)s1)NCCOc1ccc2c(c1)CCC(=O)N2. The van der Waals surface area contributed by atoms with Crippen LogP contribution >= 0.6 is 11.3 Å². The molecule has 0 saturated carbocycles. The minimum atomic E-state index is 0.0771. The number of nitrogens with zero attached hydrogens (tertiary/aromatic N) is 1. The Hall–Kier alpha value is -2.54. The Morgan fingerprint density at radius 1 is 1.26 bits per heavy atom. The molecule has 2 heterocycles. The molecule has 27 heavy (non-hydrogen) atoms. The van der Waals surface area contributed by atoms with Gasteiger partial charge in [0.2, 0.25) is 5.91 Å². The number of hydrogen-bond donors (Lipinski definition) is 3. The van der Waals surface area contributed by atoms with Crippen molar-refractivity contribution in [2.75, 3.05) is 25.0 Å².